The van der Waals surface area contributed by atoms with Crippen LogP contribution in [-0.4, -0.2) is 47.4 Å². The predicted octanol–water partition coefficient (Wildman–Crippen LogP) is 3.17. The minimum atomic E-state index is -0.385. The van der Waals surface area contributed by atoms with Gasteiger partial charge in [-0.3, -0.25) is 9.59 Å². The maximum Gasteiger partial charge on any atom is 0.274 e. The van der Waals surface area contributed by atoms with Crippen molar-refractivity contribution < 1.29 is 19.4 Å². The molecule has 4 rings (SSSR count). The van der Waals surface area contributed by atoms with E-state index in [1.165, 1.54) is 5.01 Å². The second-order valence-corrected chi connectivity index (χ2v) is 7.55. The number of ether oxygens (including phenoxy) is 1. The molecule has 0 bridgehead atoms. The van der Waals surface area contributed by atoms with Gasteiger partial charge in [-0.2, -0.15) is 5.10 Å². The molecule has 3 aromatic rings. The van der Waals surface area contributed by atoms with E-state index in [0.29, 0.717) is 17.7 Å². The van der Waals surface area contributed by atoms with Crippen LogP contribution in [0.15, 0.2) is 90.0 Å². The number of carbonyl (C=O) groups excluding carboxylic acids is 2. The van der Waals surface area contributed by atoms with Gasteiger partial charge in [0, 0.05) is 24.1 Å². The van der Waals surface area contributed by atoms with Crippen LogP contribution in [0, 0.1) is 0 Å². The summed E-state index contributed by atoms with van der Waals surface area (Å²) in [5, 5.41) is 17.7. The van der Waals surface area contributed by atoms with Gasteiger partial charge in [-0.25, -0.2) is 5.01 Å². The number of nitrogens with one attached hydrogen (secondary N) is 1. The number of benzene rings is 3. The number of nitrogens with zero attached hydrogens (tertiary/aromatic N) is 2. The van der Waals surface area contributed by atoms with Gasteiger partial charge in [-0.15, -0.1) is 0 Å². The van der Waals surface area contributed by atoms with Crippen molar-refractivity contribution in [1.29, 1.82) is 0 Å². The number of hydrogen-bond acceptors (Lipinski definition) is 5. The summed E-state index contributed by atoms with van der Waals surface area (Å²) in [6, 6.07) is 25.8. The lowest BCUT2D eigenvalue weighted by Crippen LogP contribution is -2.31. The van der Waals surface area contributed by atoms with Crippen LogP contribution in [0.4, 0.5) is 0 Å². The first kappa shape index (κ1) is 22.2. The third-order valence-electron chi connectivity index (χ3n) is 5.32. The van der Waals surface area contributed by atoms with Crippen LogP contribution in [0.2, 0.25) is 0 Å². The Morgan fingerprint density at radius 3 is 2.36 bits per heavy atom. The molecule has 1 aliphatic rings. The van der Waals surface area contributed by atoms with Gasteiger partial charge < -0.3 is 15.2 Å². The van der Waals surface area contributed by atoms with Gasteiger partial charge in [-0.05, 0) is 23.8 Å². The first-order valence-corrected chi connectivity index (χ1v) is 10.8. The van der Waals surface area contributed by atoms with E-state index >= 15 is 0 Å². The Kier molecular flexibility index (Phi) is 7.12. The van der Waals surface area contributed by atoms with Crippen LogP contribution in [-0.2, 0) is 4.79 Å². The van der Waals surface area contributed by atoms with Gasteiger partial charge in [0.15, 0.2) is 6.61 Å². The minimum Gasteiger partial charge on any atom is -0.483 e. The van der Waals surface area contributed by atoms with Crippen LogP contribution >= 0.6 is 0 Å². The van der Waals surface area contributed by atoms with E-state index in [4.69, 9.17) is 14.9 Å². The zero-order valence-corrected chi connectivity index (χ0v) is 18.1. The quantitative estimate of drug-likeness (QED) is 0.560. The molecule has 0 saturated carbocycles. The number of hydrazone groups is 1. The number of amides is 2. The Bertz CT molecular complexity index is 1130. The molecule has 1 atom stereocenters. The Balaban J connectivity index is 1.64. The Morgan fingerprint density at radius 1 is 0.970 bits per heavy atom. The van der Waals surface area contributed by atoms with Crippen LogP contribution in [0.25, 0.3) is 0 Å². The summed E-state index contributed by atoms with van der Waals surface area (Å²) in [5.74, 6) is -0.0252. The number of para-hydroxylation sites is 1. The molecule has 0 aliphatic carbocycles. The van der Waals surface area contributed by atoms with Crippen molar-refractivity contribution in [2.45, 2.75) is 12.5 Å². The maximum atomic E-state index is 13.4. The summed E-state index contributed by atoms with van der Waals surface area (Å²) >= 11 is 0. The van der Waals surface area contributed by atoms with E-state index in [0.717, 1.165) is 16.8 Å². The molecular weight excluding hydrogens is 418 g/mol. The lowest BCUT2D eigenvalue weighted by Gasteiger charge is -2.24. The molecule has 2 N–H and O–H groups in total. The van der Waals surface area contributed by atoms with Crippen molar-refractivity contribution in [1.82, 2.24) is 10.3 Å². The first-order chi connectivity index (χ1) is 16.2. The Labute approximate surface area is 192 Å². The fourth-order valence-electron chi connectivity index (χ4n) is 3.73. The summed E-state index contributed by atoms with van der Waals surface area (Å²) in [5.41, 5.74) is 3.07. The highest BCUT2D eigenvalue weighted by Gasteiger charge is 2.35. The lowest BCUT2D eigenvalue weighted by molar-refractivity contribution is -0.123. The highest BCUT2D eigenvalue weighted by Crippen LogP contribution is 2.38. The van der Waals surface area contributed by atoms with Crippen molar-refractivity contribution in [2.24, 2.45) is 5.10 Å². The lowest BCUT2D eigenvalue weighted by atomic mass is 9.97. The maximum absolute atomic E-state index is 13.4. The van der Waals surface area contributed by atoms with Gasteiger partial charge in [0.25, 0.3) is 11.8 Å². The van der Waals surface area contributed by atoms with Crippen LogP contribution in [0.1, 0.15) is 33.9 Å². The van der Waals surface area contributed by atoms with Crippen LogP contribution in [0.5, 0.6) is 5.75 Å². The minimum absolute atomic E-state index is 0.138. The van der Waals surface area contributed by atoms with Crippen molar-refractivity contribution in [3.8, 4) is 5.75 Å². The van der Waals surface area contributed by atoms with E-state index in [9.17, 15) is 9.59 Å². The molecule has 0 spiro atoms. The third-order valence-corrected chi connectivity index (χ3v) is 5.32. The average Bonchev–Trinajstić information content (AvgIpc) is 3.32. The molecule has 0 aromatic heterocycles. The number of aliphatic hydroxyl groups excluding tert-OH is 1. The SMILES string of the molecule is O=C(COc1ccccc1[C@@H]1CC(c2ccccc2)=NN1C(=O)c1ccccc1)NCCO. The van der Waals surface area contributed by atoms with Gasteiger partial charge in [0.05, 0.1) is 18.4 Å². The van der Waals surface area contributed by atoms with Crippen LogP contribution in [0.3, 0.4) is 0 Å². The van der Waals surface area contributed by atoms with Crippen molar-refractivity contribution in [2.75, 3.05) is 19.8 Å². The van der Waals surface area contributed by atoms with Gasteiger partial charge >= 0.3 is 0 Å². The molecule has 0 fully saturated rings. The van der Waals surface area contributed by atoms with E-state index in [1.54, 1.807) is 18.2 Å². The summed E-state index contributed by atoms with van der Waals surface area (Å²) in [4.78, 5) is 25.4. The predicted molar refractivity (Wildman–Crippen MR) is 125 cm³/mol. The molecule has 33 heavy (non-hydrogen) atoms. The van der Waals surface area contributed by atoms with E-state index in [1.807, 2.05) is 66.7 Å². The second-order valence-electron chi connectivity index (χ2n) is 7.55. The van der Waals surface area contributed by atoms with Gasteiger partial charge in [-0.1, -0.05) is 66.7 Å². The Hall–Kier alpha value is -3.97. The normalized spacial score (nSPS) is 15.1. The molecule has 2 amide bonds. The molecular formula is C26H25N3O4. The standard InChI is InChI=1S/C26H25N3O4/c30-16-15-27-25(31)18-33-24-14-8-7-13-21(24)23-17-22(19-9-3-1-4-10-19)28-29(23)26(32)20-11-5-2-6-12-20/h1-14,23,30H,15-18H2,(H,27,31)/t23-/m0/s1. The van der Waals surface area contributed by atoms with Crippen molar-refractivity contribution >= 4 is 17.5 Å². The monoisotopic (exact) mass is 443 g/mol. The summed E-state index contributed by atoms with van der Waals surface area (Å²) in [6.07, 6.45) is 0.514. The molecule has 7 nitrogen and oxygen atoms in total. The molecule has 0 radical (unpaired) electrons. The van der Waals surface area contributed by atoms with E-state index in [-0.39, 0.29) is 37.6 Å². The molecule has 0 saturated heterocycles. The Morgan fingerprint density at radius 2 is 1.64 bits per heavy atom. The summed E-state index contributed by atoms with van der Waals surface area (Å²) in [6.45, 7) is -0.163. The third kappa shape index (κ3) is 5.27. The molecule has 0 unspecified atom stereocenters. The summed E-state index contributed by atoms with van der Waals surface area (Å²) < 4.78 is 5.80. The number of hydrogen-bond donors (Lipinski definition) is 2. The number of carbonyl (C=O) groups is 2. The first-order valence-electron chi connectivity index (χ1n) is 10.8. The molecule has 7 heteroatoms. The molecule has 1 heterocycles. The average molecular weight is 444 g/mol. The van der Waals surface area contributed by atoms with Crippen molar-refractivity contribution in [3.05, 3.63) is 102 Å². The van der Waals surface area contributed by atoms with Crippen molar-refractivity contribution in [3.63, 3.8) is 0 Å². The topological polar surface area (TPSA) is 91.2 Å². The molecule has 1 aliphatic heterocycles. The number of rotatable bonds is 8. The van der Waals surface area contributed by atoms with E-state index in [2.05, 4.69) is 5.32 Å². The smallest absolute Gasteiger partial charge is 0.274 e. The van der Waals surface area contributed by atoms with Gasteiger partial charge in [0.1, 0.15) is 5.75 Å². The highest BCUT2D eigenvalue weighted by atomic mass is 16.5. The second kappa shape index (κ2) is 10.6. The fraction of sp³-hybridized carbons (Fsp3) is 0.192. The highest BCUT2D eigenvalue weighted by molar-refractivity contribution is 6.05. The van der Waals surface area contributed by atoms with E-state index < -0.39 is 0 Å². The zero-order valence-electron chi connectivity index (χ0n) is 18.1. The van der Waals surface area contributed by atoms with Crippen LogP contribution < -0.4 is 10.1 Å². The fourth-order valence-corrected chi connectivity index (χ4v) is 3.73. The zero-order chi connectivity index (χ0) is 23.0. The number of aliphatic hydroxyl groups is 1. The molecule has 168 valence electrons. The largest absolute Gasteiger partial charge is 0.483 e. The van der Waals surface area contributed by atoms with Gasteiger partial charge in [0.2, 0.25) is 0 Å². The summed E-state index contributed by atoms with van der Waals surface area (Å²) in [7, 11) is 0. The molecule has 3 aromatic carbocycles.